The molecule has 0 spiro atoms. The third kappa shape index (κ3) is 2.52. The summed E-state index contributed by atoms with van der Waals surface area (Å²) in [6.45, 7) is 4.16. The third-order valence-electron chi connectivity index (χ3n) is 0.862. The summed E-state index contributed by atoms with van der Waals surface area (Å²) < 4.78 is 2.46. The van der Waals surface area contributed by atoms with Gasteiger partial charge in [-0.2, -0.15) is 0 Å². The van der Waals surface area contributed by atoms with E-state index >= 15 is 0 Å². The van der Waals surface area contributed by atoms with Crippen LogP contribution in [0.15, 0.2) is 0 Å². The van der Waals surface area contributed by atoms with Crippen molar-refractivity contribution in [2.75, 3.05) is 0 Å². The minimum Gasteiger partial charge on any atom is -0.418 e. The van der Waals surface area contributed by atoms with Crippen LogP contribution in [0.3, 0.4) is 0 Å². The lowest BCUT2D eigenvalue weighted by Crippen LogP contribution is -2.37. The van der Waals surface area contributed by atoms with Crippen molar-refractivity contribution in [3.05, 3.63) is 0 Å². The molecule has 0 amide bonds. The van der Waals surface area contributed by atoms with E-state index in [9.17, 15) is 4.79 Å². The molecule has 0 unspecified atom stereocenters. The number of carbonyl (C=O) groups excluding carboxylic acids is 1. The first-order valence-corrected chi connectivity index (χ1v) is 3.56. The molecule has 5 heteroatoms. The van der Waals surface area contributed by atoms with Gasteiger partial charge in [-0.25, -0.2) is 4.79 Å². The predicted octanol–water partition coefficient (Wildman–Crippen LogP) is 2.22. The van der Waals surface area contributed by atoms with Crippen LogP contribution in [0.25, 0.3) is 0 Å². The van der Waals surface area contributed by atoms with Gasteiger partial charge in [-0.05, 0) is 13.8 Å². The second kappa shape index (κ2) is 3.16. The molecule has 0 aromatic carbocycles. The van der Waals surface area contributed by atoms with Crippen LogP contribution in [-0.4, -0.2) is 15.9 Å². The maximum absolute atomic E-state index is 9.69. The fourth-order valence-electron chi connectivity index (χ4n) is 0.174. The van der Waals surface area contributed by atoms with Crippen molar-refractivity contribution in [3.63, 3.8) is 0 Å². The van der Waals surface area contributed by atoms with E-state index in [4.69, 9.17) is 34.8 Å². The van der Waals surface area contributed by atoms with Gasteiger partial charge in [-0.1, -0.05) is 23.2 Å². The van der Waals surface area contributed by atoms with E-state index < -0.39 is 9.39 Å². The van der Waals surface area contributed by atoms with Gasteiger partial charge in [0.15, 0.2) is 0 Å². The van der Waals surface area contributed by atoms with Crippen molar-refractivity contribution >= 4 is 41.3 Å². The summed E-state index contributed by atoms with van der Waals surface area (Å²) >= 11 is 16.6. The van der Waals surface area contributed by atoms with Gasteiger partial charge in [0.25, 0.3) is 4.52 Å². The van der Waals surface area contributed by atoms with Gasteiger partial charge in [0.2, 0.25) is 0 Å². The average Bonchev–Trinajstić information content (AvgIpc) is 1.61. The van der Waals surface area contributed by atoms with Crippen LogP contribution in [0.4, 0.5) is 0 Å². The van der Waals surface area contributed by atoms with Crippen LogP contribution in [0.1, 0.15) is 13.8 Å². The fraction of sp³-hybridized carbons (Fsp3) is 0.800. The summed E-state index contributed by atoms with van der Waals surface area (Å²) in [4.78, 5) is 8.66. The van der Waals surface area contributed by atoms with Crippen LogP contribution in [-0.2, 0) is 9.53 Å². The molecule has 0 heterocycles. The van der Waals surface area contributed by atoms with Gasteiger partial charge in [-0.15, -0.1) is 11.6 Å². The summed E-state index contributed by atoms with van der Waals surface area (Å²) in [6.07, 6.45) is 0. The number of hydrogen-bond donors (Lipinski definition) is 0. The monoisotopic (exact) mass is 203 g/mol. The number of hydrogen-bond acceptors (Lipinski definition) is 2. The van der Waals surface area contributed by atoms with Crippen LogP contribution >= 0.6 is 34.8 Å². The van der Waals surface area contributed by atoms with Gasteiger partial charge in [0.05, 0.1) is 0 Å². The number of alkyl halides is 3. The van der Waals surface area contributed by atoms with Crippen molar-refractivity contribution in [2.24, 2.45) is 0 Å². The average molecular weight is 204 g/mol. The molecular formula is C5H6Cl3O2. The molecule has 10 heavy (non-hydrogen) atoms. The van der Waals surface area contributed by atoms with Gasteiger partial charge in [0.1, 0.15) is 4.87 Å². The van der Waals surface area contributed by atoms with E-state index in [0.29, 0.717) is 0 Å². The number of halogens is 3. The second-order valence-electron chi connectivity index (χ2n) is 2.17. The highest BCUT2D eigenvalue weighted by atomic mass is 35.5. The topological polar surface area (TPSA) is 26.3 Å². The Morgan fingerprint density at radius 3 is 1.80 bits per heavy atom. The fourth-order valence-corrected chi connectivity index (χ4v) is 0.275. The summed E-state index contributed by atoms with van der Waals surface area (Å²) in [6, 6.07) is 0. The zero-order valence-electron chi connectivity index (χ0n) is 5.45. The third-order valence-corrected chi connectivity index (χ3v) is 2.42. The molecular weight excluding hydrogens is 198 g/mol. The van der Waals surface area contributed by atoms with Gasteiger partial charge < -0.3 is 4.74 Å². The van der Waals surface area contributed by atoms with E-state index in [-0.39, 0.29) is 0 Å². The van der Waals surface area contributed by atoms with Crippen LogP contribution in [0.5, 0.6) is 0 Å². The molecule has 0 aromatic heterocycles. The zero-order valence-corrected chi connectivity index (χ0v) is 7.72. The molecule has 0 saturated heterocycles. The van der Waals surface area contributed by atoms with Gasteiger partial charge in [0, 0.05) is 0 Å². The van der Waals surface area contributed by atoms with E-state index in [1.165, 1.54) is 13.8 Å². The molecule has 0 rings (SSSR count). The number of rotatable bonds is 3. The lowest BCUT2D eigenvalue weighted by atomic mass is 10.2. The molecule has 0 aliphatic heterocycles. The summed E-state index contributed by atoms with van der Waals surface area (Å²) in [5, 5.41) is 0. The molecule has 0 aliphatic rings. The highest BCUT2D eigenvalue weighted by Gasteiger charge is 2.43. The number of ether oxygens (including phenoxy) is 1. The quantitative estimate of drug-likeness (QED) is 0.659. The Labute approximate surface area is 74.4 Å². The van der Waals surface area contributed by atoms with Gasteiger partial charge in [-0.3, -0.25) is 0 Å². The Morgan fingerprint density at radius 2 is 1.70 bits per heavy atom. The molecule has 0 bridgehead atoms. The Morgan fingerprint density at radius 1 is 1.30 bits per heavy atom. The predicted molar refractivity (Wildman–Crippen MR) is 41.1 cm³/mol. The van der Waals surface area contributed by atoms with Crippen molar-refractivity contribution < 1.29 is 9.53 Å². The first-order valence-electron chi connectivity index (χ1n) is 2.43. The van der Waals surface area contributed by atoms with E-state index in [1.54, 1.807) is 0 Å². The van der Waals surface area contributed by atoms with Crippen LogP contribution in [0.2, 0.25) is 0 Å². The Hall–Kier alpha value is 0.340. The van der Waals surface area contributed by atoms with E-state index in [1.807, 2.05) is 0 Å². The summed E-state index contributed by atoms with van der Waals surface area (Å²) in [7, 11) is 0. The largest absolute Gasteiger partial charge is 0.420 e. The maximum Gasteiger partial charge on any atom is 0.420 e. The smallest absolute Gasteiger partial charge is 0.418 e. The highest BCUT2D eigenvalue weighted by Crippen LogP contribution is 2.38. The van der Waals surface area contributed by atoms with E-state index in [2.05, 4.69) is 4.74 Å². The minimum atomic E-state index is -1.73. The first-order chi connectivity index (χ1) is 4.31. The molecule has 0 saturated carbocycles. The summed E-state index contributed by atoms with van der Waals surface area (Å²) in [5.74, 6) is 0. The molecule has 1 radical (unpaired) electrons. The molecule has 0 fully saturated rings. The Kier molecular flexibility index (Phi) is 3.27. The van der Waals surface area contributed by atoms with Crippen molar-refractivity contribution in [3.8, 4) is 0 Å². The normalized spacial score (nSPS) is 12.9. The van der Waals surface area contributed by atoms with Crippen LogP contribution in [0, 0.1) is 0 Å². The van der Waals surface area contributed by atoms with Crippen LogP contribution < -0.4 is 0 Å². The SMILES string of the molecule is CC(C)(Cl)C(Cl)(Cl)O[C]=O. The summed E-state index contributed by atoms with van der Waals surface area (Å²) in [5.41, 5.74) is 0. The van der Waals surface area contributed by atoms with Gasteiger partial charge >= 0.3 is 6.47 Å². The second-order valence-corrected chi connectivity index (χ2v) is 4.38. The van der Waals surface area contributed by atoms with E-state index in [0.717, 1.165) is 6.47 Å². The molecule has 59 valence electrons. The molecule has 0 aromatic rings. The Bertz CT molecular complexity index is 127. The lowest BCUT2D eigenvalue weighted by Gasteiger charge is -2.28. The zero-order chi connectivity index (χ0) is 8.41. The molecule has 2 nitrogen and oxygen atoms in total. The minimum absolute atomic E-state index is 1.03. The standard InChI is InChI=1S/C5H6Cl3O2/c1-4(2,6)5(7,8)10-3-9/h1-2H3. The molecule has 0 aliphatic carbocycles. The maximum atomic E-state index is 9.69. The molecule has 0 N–H and O–H groups in total. The Balaban J connectivity index is 4.23. The van der Waals surface area contributed by atoms with Crippen molar-refractivity contribution in [2.45, 2.75) is 23.2 Å². The van der Waals surface area contributed by atoms with Crippen molar-refractivity contribution in [1.29, 1.82) is 0 Å². The molecule has 0 atom stereocenters. The van der Waals surface area contributed by atoms with Crippen molar-refractivity contribution in [1.82, 2.24) is 0 Å². The first kappa shape index (κ1) is 10.3. The highest BCUT2D eigenvalue weighted by molar-refractivity contribution is 6.52. The lowest BCUT2D eigenvalue weighted by molar-refractivity contribution is 0.178.